The third kappa shape index (κ3) is 4.32. The summed E-state index contributed by atoms with van der Waals surface area (Å²) in [5.74, 6) is 0.486. The molecule has 1 aromatic carbocycles. The first kappa shape index (κ1) is 17.3. The molecule has 1 aromatic heterocycles. The number of hydrogen-bond donors (Lipinski definition) is 0. The third-order valence-corrected chi connectivity index (χ3v) is 4.05. The number of benzene rings is 1. The summed E-state index contributed by atoms with van der Waals surface area (Å²) in [5, 5.41) is 3.44. The van der Waals surface area contributed by atoms with Crippen molar-refractivity contribution in [3.8, 4) is 5.75 Å². The van der Waals surface area contributed by atoms with Crippen LogP contribution in [0.4, 0.5) is 13.2 Å². The van der Waals surface area contributed by atoms with Crippen LogP contribution in [0.3, 0.4) is 0 Å². The molecule has 1 aliphatic carbocycles. The molecule has 0 N–H and O–H groups in total. The number of ether oxygens (including phenoxy) is 1. The van der Waals surface area contributed by atoms with Crippen LogP contribution in [0, 0.1) is 0 Å². The van der Waals surface area contributed by atoms with Crippen LogP contribution in [0.5, 0.6) is 5.75 Å². The van der Waals surface area contributed by atoms with Gasteiger partial charge >= 0.3 is 6.18 Å². The summed E-state index contributed by atoms with van der Waals surface area (Å²) in [7, 11) is 1.58. The average molecular weight is 353 g/mol. The molecule has 0 radical (unpaired) electrons. The highest BCUT2D eigenvalue weighted by molar-refractivity contribution is 5.76. The van der Waals surface area contributed by atoms with E-state index >= 15 is 0 Å². The van der Waals surface area contributed by atoms with Crippen molar-refractivity contribution in [1.82, 2.24) is 14.7 Å². The van der Waals surface area contributed by atoms with Crippen LogP contribution >= 0.6 is 0 Å². The summed E-state index contributed by atoms with van der Waals surface area (Å²) in [4.78, 5) is 14.2. The van der Waals surface area contributed by atoms with Gasteiger partial charge in [-0.25, -0.2) is 0 Å². The molecule has 0 aliphatic heterocycles. The number of hydrogen-bond acceptors (Lipinski definition) is 3. The predicted molar refractivity (Wildman–Crippen MR) is 83.8 cm³/mol. The molecule has 0 bridgehead atoms. The molecule has 25 heavy (non-hydrogen) atoms. The van der Waals surface area contributed by atoms with Crippen molar-refractivity contribution in [2.45, 2.75) is 38.1 Å². The molecule has 1 amide bonds. The third-order valence-electron chi connectivity index (χ3n) is 4.05. The number of rotatable bonds is 6. The van der Waals surface area contributed by atoms with Gasteiger partial charge in [0.1, 0.15) is 12.3 Å². The van der Waals surface area contributed by atoms with Gasteiger partial charge in [0, 0.05) is 18.8 Å². The minimum Gasteiger partial charge on any atom is -0.497 e. The van der Waals surface area contributed by atoms with Gasteiger partial charge in [-0.05, 0) is 36.6 Å². The average Bonchev–Trinajstić information content (AvgIpc) is 3.30. The lowest BCUT2D eigenvalue weighted by atomic mass is 10.2. The molecule has 0 unspecified atom stereocenters. The van der Waals surface area contributed by atoms with E-state index in [9.17, 15) is 18.0 Å². The predicted octanol–water partition coefficient (Wildman–Crippen LogP) is 3.10. The smallest absolute Gasteiger partial charge is 0.435 e. The Kier molecular flexibility index (Phi) is 4.69. The fraction of sp³-hybridized carbons (Fsp3) is 0.412. The van der Waals surface area contributed by atoms with Gasteiger partial charge in [-0.3, -0.25) is 9.48 Å². The Bertz CT molecular complexity index is 736. The summed E-state index contributed by atoms with van der Waals surface area (Å²) in [6.45, 7) is 0.212. The maximum atomic E-state index is 12.6. The lowest BCUT2D eigenvalue weighted by Crippen LogP contribution is -2.35. The van der Waals surface area contributed by atoms with Gasteiger partial charge in [0.05, 0.1) is 7.11 Å². The number of alkyl halides is 3. The zero-order chi connectivity index (χ0) is 18.0. The number of nitrogens with zero attached hydrogens (tertiary/aromatic N) is 3. The highest BCUT2D eigenvalue weighted by atomic mass is 19.4. The second-order valence-electron chi connectivity index (χ2n) is 6.00. The molecule has 8 heteroatoms. The summed E-state index contributed by atoms with van der Waals surface area (Å²) >= 11 is 0. The highest BCUT2D eigenvalue weighted by Gasteiger charge is 2.35. The van der Waals surface area contributed by atoms with Crippen LogP contribution in [-0.2, 0) is 24.1 Å². The zero-order valence-electron chi connectivity index (χ0n) is 13.7. The number of aromatic nitrogens is 2. The molecule has 1 saturated carbocycles. The van der Waals surface area contributed by atoms with Gasteiger partial charge in [-0.15, -0.1) is 0 Å². The minimum atomic E-state index is -4.51. The van der Waals surface area contributed by atoms with Crippen LogP contribution in [0.15, 0.2) is 36.5 Å². The van der Waals surface area contributed by atoms with Gasteiger partial charge in [-0.1, -0.05) is 12.1 Å². The van der Waals surface area contributed by atoms with Crippen LogP contribution in [0.25, 0.3) is 0 Å². The lowest BCUT2D eigenvalue weighted by Gasteiger charge is -2.22. The van der Waals surface area contributed by atoms with Crippen LogP contribution in [0.2, 0.25) is 0 Å². The molecule has 134 valence electrons. The van der Waals surface area contributed by atoms with Gasteiger partial charge < -0.3 is 9.64 Å². The van der Waals surface area contributed by atoms with Crippen LogP contribution in [0.1, 0.15) is 24.1 Å². The highest BCUT2D eigenvalue weighted by Crippen LogP contribution is 2.30. The Balaban J connectivity index is 1.67. The van der Waals surface area contributed by atoms with E-state index in [2.05, 4.69) is 5.10 Å². The molecule has 0 atom stereocenters. The van der Waals surface area contributed by atoms with E-state index in [0.29, 0.717) is 6.54 Å². The quantitative estimate of drug-likeness (QED) is 0.802. The molecule has 1 fully saturated rings. The maximum absolute atomic E-state index is 12.6. The largest absolute Gasteiger partial charge is 0.497 e. The first-order valence-electron chi connectivity index (χ1n) is 7.90. The van der Waals surface area contributed by atoms with Crippen molar-refractivity contribution in [3.05, 3.63) is 47.8 Å². The molecule has 0 saturated heterocycles. The lowest BCUT2D eigenvalue weighted by molar-refractivity contribution is -0.142. The summed E-state index contributed by atoms with van der Waals surface area (Å²) in [6.07, 6.45) is -1.50. The second-order valence-corrected chi connectivity index (χ2v) is 6.00. The Labute approximate surface area is 143 Å². The van der Waals surface area contributed by atoms with Crippen molar-refractivity contribution in [2.75, 3.05) is 7.11 Å². The number of carbonyl (C=O) groups excluding carboxylic acids is 1. The molecule has 2 aromatic rings. The van der Waals surface area contributed by atoms with Crippen LogP contribution in [-0.4, -0.2) is 33.7 Å². The van der Waals surface area contributed by atoms with E-state index < -0.39 is 11.9 Å². The van der Waals surface area contributed by atoms with E-state index in [0.717, 1.165) is 34.9 Å². The molecule has 1 heterocycles. The first-order valence-corrected chi connectivity index (χ1v) is 7.90. The molecule has 1 aliphatic rings. The summed E-state index contributed by atoms with van der Waals surface area (Å²) in [6, 6.07) is 8.39. The maximum Gasteiger partial charge on any atom is 0.435 e. The van der Waals surface area contributed by atoms with Crippen molar-refractivity contribution >= 4 is 5.91 Å². The Hall–Kier alpha value is -2.51. The van der Waals surface area contributed by atoms with E-state index in [1.54, 1.807) is 12.0 Å². The monoisotopic (exact) mass is 353 g/mol. The molecule has 3 rings (SSSR count). The van der Waals surface area contributed by atoms with E-state index in [1.807, 2.05) is 24.3 Å². The minimum absolute atomic E-state index is 0.146. The summed E-state index contributed by atoms with van der Waals surface area (Å²) < 4.78 is 44.0. The Morgan fingerprint density at radius 3 is 2.48 bits per heavy atom. The van der Waals surface area contributed by atoms with Crippen molar-refractivity contribution in [2.24, 2.45) is 0 Å². The van der Waals surface area contributed by atoms with Crippen molar-refractivity contribution in [1.29, 1.82) is 0 Å². The number of halogens is 3. The van der Waals surface area contributed by atoms with Gasteiger partial charge in [0.15, 0.2) is 5.69 Å². The SMILES string of the molecule is COc1ccc(CN(C(=O)Cn2ccc(C(F)(F)F)n2)C2CC2)cc1. The zero-order valence-corrected chi connectivity index (χ0v) is 13.7. The van der Waals surface area contributed by atoms with Gasteiger partial charge in [-0.2, -0.15) is 18.3 Å². The van der Waals surface area contributed by atoms with Gasteiger partial charge in [0.25, 0.3) is 0 Å². The molecule has 5 nitrogen and oxygen atoms in total. The first-order chi connectivity index (χ1) is 11.9. The second kappa shape index (κ2) is 6.78. The molecule has 0 spiro atoms. The molecular formula is C17H18F3N3O2. The van der Waals surface area contributed by atoms with E-state index in [-0.39, 0.29) is 18.5 Å². The van der Waals surface area contributed by atoms with Gasteiger partial charge in [0.2, 0.25) is 5.91 Å². The number of amides is 1. The van der Waals surface area contributed by atoms with Crippen molar-refractivity contribution in [3.63, 3.8) is 0 Å². The van der Waals surface area contributed by atoms with Crippen LogP contribution < -0.4 is 4.74 Å². The van der Waals surface area contributed by atoms with E-state index in [1.165, 1.54) is 6.20 Å². The van der Waals surface area contributed by atoms with E-state index in [4.69, 9.17) is 4.74 Å². The van der Waals surface area contributed by atoms with Crippen molar-refractivity contribution < 1.29 is 22.7 Å². The Morgan fingerprint density at radius 2 is 1.96 bits per heavy atom. The number of carbonyl (C=O) groups is 1. The number of methoxy groups -OCH3 is 1. The topological polar surface area (TPSA) is 47.4 Å². The summed E-state index contributed by atoms with van der Waals surface area (Å²) in [5.41, 5.74) is -0.0501. The standard InChI is InChI=1S/C17H18F3N3O2/c1-25-14-6-2-12(3-7-14)10-23(13-4-5-13)16(24)11-22-9-8-15(21-22)17(18,19)20/h2-3,6-9,13H,4-5,10-11H2,1H3. The molecular weight excluding hydrogens is 335 g/mol. The Morgan fingerprint density at radius 1 is 1.28 bits per heavy atom. The normalized spacial score (nSPS) is 14.4. The fourth-order valence-corrected chi connectivity index (χ4v) is 2.57. The fourth-order valence-electron chi connectivity index (χ4n) is 2.57.